The van der Waals surface area contributed by atoms with Gasteiger partial charge in [0.25, 0.3) is 0 Å². The zero-order valence-electron chi connectivity index (χ0n) is 14.8. The summed E-state index contributed by atoms with van der Waals surface area (Å²) >= 11 is 0. The molecule has 2 aromatic carbocycles. The van der Waals surface area contributed by atoms with Gasteiger partial charge in [-0.25, -0.2) is 17.9 Å². The molecule has 0 heterocycles. The van der Waals surface area contributed by atoms with Crippen LogP contribution in [0.4, 0.5) is 4.39 Å². The lowest BCUT2D eigenvalue weighted by Crippen LogP contribution is -2.37. The molecule has 0 bridgehead atoms. The van der Waals surface area contributed by atoms with Crippen LogP contribution < -0.4 is 15.8 Å². The fraction of sp³-hybridized carbons (Fsp3) is 0.278. The second-order valence-electron chi connectivity index (χ2n) is 5.86. The summed E-state index contributed by atoms with van der Waals surface area (Å²) in [5.74, 6) is 0.394. The van der Waals surface area contributed by atoms with Crippen LogP contribution in [-0.4, -0.2) is 28.0 Å². The molecule has 0 atom stereocenters. The van der Waals surface area contributed by atoms with Crippen LogP contribution in [0.5, 0.6) is 0 Å². The summed E-state index contributed by atoms with van der Waals surface area (Å²) in [6.07, 6.45) is 0.746. The van der Waals surface area contributed by atoms with Crippen molar-refractivity contribution in [3.63, 3.8) is 0 Å². The quantitative estimate of drug-likeness (QED) is 0.526. The van der Waals surface area contributed by atoms with E-state index in [2.05, 4.69) is 15.6 Å². The van der Waals surface area contributed by atoms with Gasteiger partial charge < -0.3 is 10.6 Å². The molecule has 2 rings (SSSR count). The molecule has 0 aliphatic rings. The summed E-state index contributed by atoms with van der Waals surface area (Å²) in [5.41, 5.74) is 2.90. The van der Waals surface area contributed by atoms with E-state index in [9.17, 15) is 12.8 Å². The van der Waals surface area contributed by atoms with Crippen molar-refractivity contribution in [3.8, 4) is 0 Å². The monoisotopic (exact) mass is 378 g/mol. The molecule has 2 aromatic rings. The van der Waals surface area contributed by atoms with Gasteiger partial charge in [0.1, 0.15) is 5.82 Å². The fourth-order valence-electron chi connectivity index (χ4n) is 2.46. The van der Waals surface area contributed by atoms with E-state index >= 15 is 0 Å². The first kappa shape index (κ1) is 19.9. The summed E-state index contributed by atoms with van der Waals surface area (Å²) in [4.78, 5) is 4.23. The van der Waals surface area contributed by atoms with E-state index in [1.54, 1.807) is 25.2 Å². The van der Waals surface area contributed by atoms with Gasteiger partial charge in [0, 0.05) is 20.1 Å². The lowest BCUT2D eigenvalue weighted by Gasteiger charge is -2.13. The number of halogens is 1. The number of nitrogens with one attached hydrogen (secondary N) is 2. The second-order valence-corrected chi connectivity index (χ2v) is 7.42. The summed E-state index contributed by atoms with van der Waals surface area (Å²) in [7, 11) is -2.01. The predicted octanol–water partition coefficient (Wildman–Crippen LogP) is 1.69. The first-order chi connectivity index (χ1) is 12.3. The third-order valence-electron chi connectivity index (χ3n) is 3.93. The maximum Gasteiger partial charge on any atom is 0.238 e. The van der Waals surface area contributed by atoms with Gasteiger partial charge in [-0.3, -0.25) is 4.99 Å². The van der Waals surface area contributed by atoms with E-state index < -0.39 is 10.0 Å². The highest BCUT2D eigenvalue weighted by molar-refractivity contribution is 7.89. The summed E-state index contributed by atoms with van der Waals surface area (Å²) in [6, 6.07) is 11.1. The number of sulfonamides is 1. The lowest BCUT2D eigenvalue weighted by molar-refractivity contribution is 0.597. The normalized spacial score (nSPS) is 12.1. The molecule has 26 heavy (non-hydrogen) atoms. The van der Waals surface area contributed by atoms with Gasteiger partial charge in [0.2, 0.25) is 10.0 Å². The molecule has 8 heteroatoms. The zero-order valence-corrected chi connectivity index (χ0v) is 15.6. The molecule has 0 amide bonds. The number of primary sulfonamides is 1. The molecule has 0 spiro atoms. The van der Waals surface area contributed by atoms with Crippen molar-refractivity contribution in [1.29, 1.82) is 0 Å². The Morgan fingerprint density at radius 2 is 1.85 bits per heavy atom. The molecule has 0 aromatic heterocycles. The van der Waals surface area contributed by atoms with Crippen LogP contribution in [0.3, 0.4) is 0 Å². The number of nitrogens with zero attached hydrogens (tertiary/aromatic N) is 1. The average Bonchev–Trinajstić information content (AvgIpc) is 2.59. The summed E-state index contributed by atoms with van der Waals surface area (Å²) < 4.78 is 35.6. The van der Waals surface area contributed by atoms with Crippen LogP contribution >= 0.6 is 0 Å². The van der Waals surface area contributed by atoms with Crippen LogP contribution in [0.15, 0.2) is 52.4 Å². The third kappa shape index (κ3) is 5.82. The molecular formula is C18H23FN4O2S. The first-order valence-electron chi connectivity index (χ1n) is 8.11. The highest BCUT2D eigenvalue weighted by Gasteiger charge is 2.07. The molecule has 4 N–H and O–H groups in total. The topological polar surface area (TPSA) is 96.6 Å². The Balaban J connectivity index is 1.84. The maximum absolute atomic E-state index is 13.1. The van der Waals surface area contributed by atoms with Gasteiger partial charge in [-0.15, -0.1) is 0 Å². The summed E-state index contributed by atoms with van der Waals surface area (Å²) in [5, 5.41) is 11.4. The Morgan fingerprint density at radius 3 is 2.42 bits per heavy atom. The number of hydrogen-bond donors (Lipinski definition) is 3. The van der Waals surface area contributed by atoms with E-state index in [0.717, 1.165) is 23.1 Å². The molecule has 0 saturated heterocycles. The maximum atomic E-state index is 13.1. The van der Waals surface area contributed by atoms with E-state index in [-0.39, 0.29) is 10.7 Å². The SMILES string of the molecule is CN=C(NCCc1ccc(F)cc1C)NCc1ccc(S(N)(=O)=O)cc1. The minimum absolute atomic E-state index is 0.0819. The second kappa shape index (κ2) is 8.77. The highest BCUT2D eigenvalue weighted by atomic mass is 32.2. The number of nitrogens with two attached hydrogens (primary N) is 1. The van der Waals surface area contributed by atoms with Crippen molar-refractivity contribution in [1.82, 2.24) is 10.6 Å². The van der Waals surface area contributed by atoms with Crippen LogP contribution in [0.25, 0.3) is 0 Å². The number of benzene rings is 2. The molecule has 6 nitrogen and oxygen atoms in total. The Kier molecular flexibility index (Phi) is 6.70. The van der Waals surface area contributed by atoms with Crippen LogP contribution in [-0.2, 0) is 23.0 Å². The lowest BCUT2D eigenvalue weighted by atomic mass is 10.1. The number of rotatable bonds is 6. The molecule has 0 aliphatic carbocycles. The van der Waals surface area contributed by atoms with Crippen LogP contribution in [0.2, 0.25) is 0 Å². The van der Waals surface area contributed by atoms with Crippen molar-refractivity contribution >= 4 is 16.0 Å². The Morgan fingerprint density at radius 1 is 1.15 bits per heavy atom. The first-order valence-corrected chi connectivity index (χ1v) is 9.65. The molecule has 0 saturated carbocycles. The smallest absolute Gasteiger partial charge is 0.238 e. The Bertz CT molecular complexity index is 881. The van der Waals surface area contributed by atoms with Gasteiger partial charge in [-0.1, -0.05) is 18.2 Å². The van der Waals surface area contributed by atoms with E-state index in [1.807, 2.05) is 6.92 Å². The summed E-state index contributed by atoms with van der Waals surface area (Å²) in [6.45, 7) is 3.02. The van der Waals surface area contributed by atoms with Crippen molar-refractivity contribution < 1.29 is 12.8 Å². The van der Waals surface area contributed by atoms with Gasteiger partial charge in [-0.05, 0) is 54.3 Å². The molecule has 0 aliphatic heterocycles. The average molecular weight is 378 g/mol. The van der Waals surface area contributed by atoms with E-state index in [1.165, 1.54) is 24.3 Å². The van der Waals surface area contributed by atoms with Crippen molar-refractivity contribution in [2.75, 3.05) is 13.6 Å². The molecular weight excluding hydrogens is 355 g/mol. The van der Waals surface area contributed by atoms with Crippen molar-refractivity contribution in [2.45, 2.75) is 24.8 Å². The Hall–Kier alpha value is -2.45. The van der Waals surface area contributed by atoms with Gasteiger partial charge in [0.15, 0.2) is 5.96 Å². The third-order valence-corrected chi connectivity index (χ3v) is 4.86. The van der Waals surface area contributed by atoms with Gasteiger partial charge >= 0.3 is 0 Å². The molecule has 0 radical (unpaired) electrons. The molecule has 0 unspecified atom stereocenters. The predicted molar refractivity (Wildman–Crippen MR) is 101 cm³/mol. The van der Waals surface area contributed by atoms with E-state index in [4.69, 9.17) is 5.14 Å². The van der Waals surface area contributed by atoms with Crippen LogP contribution in [0.1, 0.15) is 16.7 Å². The Labute approximate surface area is 153 Å². The number of aliphatic imine (C=N–C) groups is 1. The molecule has 140 valence electrons. The van der Waals surface area contributed by atoms with E-state index in [0.29, 0.717) is 19.0 Å². The minimum Gasteiger partial charge on any atom is -0.356 e. The highest BCUT2D eigenvalue weighted by Crippen LogP contribution is 2.10. The standard InChI is InChI=1S/C18H23FN4O2S/c1-13-11-16(19)6-5-15(13)9-10-22-18(21-2)23-12-14-3-7-17(8-4-14)26(20,24)25/h3-8,11H,9-10,12H2,1-2H3,(H2,20,24,25)(H2,21,22,23). The molecule has 0 fully saturated rings. The number of aryl methyl sites for hydroxylation is 1. The number of hydrogen-bond acceptors (Lipinski definition) is 3. The van der Waals surface area contributed by atoms with Crippen molar-refractivity contribution in [2.24, 2.45) is 10.1 Å². The minimum atomic E-state index is -3.68. The van der Waals surface area contributed by atoms with Gasteiger partial charge in [0.05, 0.1) is 4.90 Å². The zero-order chi connectivity index (χ0) is 19.2. The van der Waals surface area contributed by atoms with Gasteiger partial charge in [-0.2, -0.15) is 0 Å². The van der Waals surface area contributed by atoms with Crippen LogP contribution in [0, 0.1) is 12.7 Å². The van der Waals surface area contributed by atoms with Crippen molar-refractivity contribution in [3.05, 3.63) is 65.0 Å². The fourth-order valence-corrected chi connectivity index (χ4v) is 2.97. The largest absolute Gasteiger partial charge is 0.356 e. The number of guanidine groups is 1.